The molecule has 0 aliphatic carbocycles. The maximum atomic E-state index is 11.9. The molecule has 0 saturated carbocycles. The quantitative estimate of drug-likeness (QED) is 0.626. The van der Waals surface area contributed by atoms with Gasteiger partial charge in [0.1, 0.15) is 0 Å². The van der Waals surface area contributed by atoms with Crippen LogP contribution < -0.4 is 5.32 Å². The molecule has 7 heteroatoms. The van der Waals surface area contributed by atoms with E-state index in [-0.39, 0.29) is 23.4 Å². The lowest BCUT2D eigenvalue weighted by Gasteiger charge is -2.06. The molecule has 0 bridgehead atoms. The topological polar surface area (TPSA) is 120 Å². The second-order valence-electron chi connectivity index (χ2n) is 4.23. The molecule has 1 aromatic heterocycles. The van der Waals surface area contributed by atoms with Gasteiger partial charge in [0.2, 0.25) is 0 Å². The van der Waals surface area contributed by atoms with Crippen molar-refractivity contribution in [2.45, 2.75) is 6.54 Å². The van der Waals surface area contributed by atoms with Crippen LogP contribution in [-0.2, 0) is 6.54 Å². The van der Waals surface area contributed by atoms with Gasteiger partial charge in [0.05, 0.1) is 17.8 Å². The maximum absolute atomic E-state index is 11.9. The number of amides is 1. The molecular weight excluding hydrogens is 276 g/mol. The number of phenols is 2. The van der Waals surface area contributed by atoms with Crippen LogP contribution in [0.15, 0.2) is 36.5 Å². The SMILES string of the molecule is O=C(O)c1ccnc(CNC(=O)c2ccc(O)c(O)c2)c1. The molecule has 1 aromatic carbocycles. The fourth-order valence-corrected chi connectivity index (χ4v) is 1.65. The molecule has 4 N–H and O–H groups in total. The van der Waals surface area contributed by atoms with E-state index in [1.165, 1.54) is 30.5 Å². The highest BCUT2D eigenvalue weighted by molar-refractivity contribution is 5.94. The number of hydrogen-bond acceptors (Lipinski definition) is 5. The van der Waals surface area contributed by atoms with Crippen LogP contribution >= 0.6 is 0 Å². The number of benzene rings is 1. The maximum Gasteiger partial charge on any atom is 0.335 e. The van der Waals surface area contributed by atoms with E-state index in [0.29, 0.717) is 5.69 Å². The van der Waals surface area contributed by atoms with E-state index in [0.717, 1.165) is 6.07 Å². The normalized spacial score (nSPS) is 10.1. The standard InChI is InChI=1S/C14H12N2O5/c17-11-2-1-8(6-12(11)18)13(19)16-7-10-5-9(14(20)21)3-4-15-10/h1-6,17-18H,7H2,(H,16,19)(H,20,21). The molecule has 7 nitrogen and oxygen atoms in total. The molecule has 0 spiro atoms. The molecule has 0 aliphatic rings. The summed E-state index contributed by atoms with van der Waals surface area (Å²) in [6, 6.07) is 6.40. The number of phenolic OH excluding ortho intramolecular Hbond substituents is 2. The van der Waals surface area contributed by atoms with E-state index in [1.807, 2.05) is 0 Å². The Bertz CT molecular complexity index is 700. The van der Waals surface area contributed by atoms with Gasteiger partial charge in [-0.25, -0.2) is 4.79 Å². The molecule has 1 amide bonds. The second-order valence-corrected chi connectivity index (χ2v) is 4.23. The molecule has 0 atom stereocenters. The third-order valence-corrected chi connectivity index (χ3v) is 2.73. The van der Waals surface area contributed by atoms with Gasteiger partial charge in [-0.3, -0.25) is 9.78 Å². The van der Waals surface area contributed by atoms with Crippen LogP contribution in [0.1, 0.15) is 26.4 Å². The first kappa shape index (κ1) is 14.3. The number of aromatic carboxylic acids is 1. The zero-order chi connectivity index (χ0) is 15.4. The van der Waals surface area contributed by atoms with Crippen LogP contribution in [0.3, 0.4) is 0 Å². The lowest BCUT2D eigenvalue weighted by molar-refractivity contribution is 0.0696. The summed E-state index contributed by atoms with van der Waals surface area (Å²) < 4.78 is 0. The van der Waals surface area contributed by atoms with Crippen molar-refractivity contribution in [3.05, 3.63) is 53.3 Å². The van der Waals surface area contributed by atoms with Crippen LogP contribution in [-0.4, -0.2) is 32.2 Å². The van der Waals surface area contributed by atoms with Gasteiger partial charge in [-0.15, -0.1) is 0 Å². The smallest absolute Gasteiger partial charge is 0.335 e. The van der Waals surface area contributed by atoms with Crippen molar-refractivity contribution in [2.24, 2.45) is 0 Å². The summed E-state index contributed by atoms with van der Waals surface area (Å²) in [4.78, 5) is 26.6. The highest BCUT2D eigenvalue weighted by Crippen LogP contribution is 2.24. The van der Waals surface area contributed by atoms with Crippen molar-refractivity contribution in [3.63, 3.8) is 0 Å². The van der Waals surface area contributed by atoms with E-state index in [1.54, 1.807) is 0 Å². The Labute approximate surface area is 119 Å². The zero-order valence-electron chi connectivity index (χ0n) is 10.8. The first-order valence-electron chi connectivity index (χ1n) is 5.96. The number of hydrogen-bond donors (Lipinski definition) is 4. The van der Waals surface area contributed by atoms with Gasteiger partial charge >= 0.3 is 5.97 Å². The summed E-state index contributed by atoms with van der Waals surface area (Å²) in [5, 5.41) is 29.9. The molecule has 0 saturated heterocycles. The molecule has 0 aliphatic heterocycles. The lowest BCUT2D eigenvalue weighted by Crippen LogP contribution is -2.23. The van der Waals surface area contributed by atoms with Gasteiger partial charge in [-0.2, -0.15) is 0 Å². The third kappa shape index (κ3) is 3.47. The van der Waals surface area contributed by atoms with Crippen LogP contribution in [0.25, 0.3) is 0 Å². The summed E-state index contributed by atoms with van der Waals surface area (Å²) in [7, 11) is 0. The molecule has 108 valence electrons. The summed E-state index contributed by atoms with van der Waals surface area (Å²) in [5.74, 6) is -2.27. The van der Waals surface area contributed by atoms with Crippen molar-refractivity contribution in [3.8, 4) is 11.5 Å². The van der Waals surface area contributed by atoms with Crippen molar-refractivity contribution in [2.75, 3.05) is 0 Å². The van der Waals surface area contributed by atoms with E-state index >= 15 is 0 Å². The van der Waals surface area contributed by atoms with E-state index < -0.39 is 17.6 Å². The number of rotatable bonds is 4. The Morgan fingerprint density at radius 1 is 1.05 bits per heavy atom. The van der Waals surface area contributed by atoms with E-state index in [4.69, 9.17) is 10.2 Å². The van der Waals surface area contributed by atoms with Gasteiger partial charge in [0.25, 0.3) is 5.91 Å². The van der Waals surface area contributed by atoms with Gasteiger partial charge in [0, 0.05) is 11.8 Å². The molecule has 2 aromatic rings. The van der Waals surface area contributed by atoms with Gasteiger partial charge in [0.15, 0.2) is 11.5 Å². The van der Waals surface area contributed by atoms with E-state index in [9.17, 15) is 14.7 Å². The molecule has 2 rings (SSSR count). The fourth-order valence-electron chi connectivity index (χ4n) is 1.65. The van der Waals surface area contributed by atoms with Crippen molar-refractivity contribution in [1.82, 2.24) is 10.3 Å². The monoisotopic (exact) mass is 288 g/mol. The average Bonchev–Trinajstić information content (AvgIpc) is 2.48. The fraction of sp³-hybridized carbons (Fsp3) is 0.0714. The number of aromatic hydroxyl groups is 2. The first-order valence-corrected chi connectivity index (χ1v) is 5.96. The van der Waals surface area contributed by atoms with Gasteiger partial charge in [-0.1, -0.05) is 0 Å². The number of carbonyl (C=O) groups excluding carboxylic acids is 1. The predicted molar refractivity (Wildman–Crippen MR) is 72.1 cm³/mol. The van der Waals surface area contributed by atoms with Crippen molar-refractivity contribution < 1.29 is 24.9 Å². The number of pyridine rings is 1. The Hall–Kier alpha value is -3.09. The predicted octanol–water partition coefficient (Wildman–Crippen LogP) is 1.12. The molecule has 1 heterocycles. The molecule has 0 unspecified atom stereocenters. The largest absolute Gasteiger partial charge is 0.504 e. The summed E-state index contributed by atoms with van der Waals surface area (Å²) in [5.41, 5.74) is 0.641. The minimum absolute atomic E-state index is 0.0432. The Balaban J connectivity index is 2.05. The highest BCUT2D eigenvalue weighted by Gasteiger charge is 2.10. The molecular formula is C14H12N2O5. The number of carboxylic acid groups (broad SMARTS) is 1. The average molecular weight is 288 g/mol. The Morgan fingerprint density at radius 3 is 2.48 bits per heavy atom. The van der Waals surface area contributed by atoms with Gasteiger partial charge < -0.3 is 20.6 Å². The van der Waals surface area contributed by atoms with Crippen LogP contribution in [0.4, 0.5) is 0 Å². The number of nitrogens with zero attached hydrogens (tertiary/aromatic N) is 1. The Morgan fingerprint density at radius 2 is 1.81 bits per heavy atom. The first-order chi connectivity index (χ1) is 9.97. The van der Waals surface area contributed by atoms with Crippen molar-refractivity contribution >= 4 is 11.9 Å². The molecule has 21 heavy (non-hydrogen) atoms. The third-order valence-electron chi connectivity index (χ3n) is 2.73. The summed E-state index contributed by atoms with van der Waals surface area (Å²) >= 11 is 0. The van der Waals surface area contributed by atoms with Crippen molar-refractivity contribution in [1.29, 1.82) is 0 Å². The minimum atomic E-state index is -1.08. The molecule has 0 radical (unpaired) electrons. The number of carboxylic acids is 1. The second kappa shape index (κ2) is 5.91. The highest BCUT2D eigenvalue weighted by atomic mass is 16.4. The summed E-state index contributed by atoms with van der Waals surface area (Å²) in [6.45, 7) is 0.0432. The summed E-state index contributed by atoms with van der Waals surface area (Å²) in [6.07, 6.45) is 1.34. The van der Waals surface area contributed by atoms with Crippen LogP contribution in [0.5, 0.6) is 11.5 Å². The lowest BCUT2D eigenvalue weighted by atomic mass is 10.2. The Kier molecular flexibility index (Phi) is 4.03. The number of aromatic nitrogens is 1. The van der Waals surface area contributed by atoms with Crippen LogP contribution in [0, 0.1) is 0 Å². The number of nitrogens with one attached hydrogen (secondary N) is 1. The minimum Gasteiger partial charge on any atom is -0.504 e. The van der Waals surface area contributed by atoms with Gasteiger partial charge in [-0.05, 0) is 30.3 Å². The number of carbonyl (C=O) groups is 2. The van der Waals surface area contributed by atoms with E-state index in [2.05, 4.69) is 10.3 Å². The van der Waals surface area contributed by atoms with Crippen LogP contribution in [0.2, 0.25) is 0 Å². The molecule has 0 fully saturated rings. The zero-order valence-corrected chi connectivity index (χ0v) is 10.8.